The van der Waals surface area contributed by atoms with Crippen LogP contribution >= 0.6 is 0 Å². The third-order valence-corrected chi connectivity index (χ3v) is 3.23. The molecule has 0 saturated carbocycles. The molecule has 0 radical (unpaired) electrons. The summed E-state index contributed by atoms with van der Waals surface area (Å²) < 4.78 is 13.1. The van der Waals surface area contributed by atoms with Crippen molar-refractivity contribution in [3.05, 3.63) is 29.6 Å². The first-order valence-electron chi connectivity index (χ1n) is 5.90. The quantitative estimate of drug-likeness (QED) is 0.824. The summed E-state index contributed by atoms with van der Waals surface area (Å²) in [7, 11) is 1.59. The first-order chi connectivity index (χ1) is 8.67. The summed E-state index contributed by atoms with van der Waals surface area (Å²) in [5.41, 5.74) is 0.906. The predicted octanol–water partition coefficient (Wildman–Crippen LogP) is 1.35. The summed E-state index contributed by atoms with van der Waals surface area (Å²) in [6, 6.07) is 3.78. The van der Waals surface area contributed by atoms with Gasteiger partial charge in [-0.1, -0.05) is 0 Å². The maximum Gasteiger partial charge on any atom is 0.242 e. The van der Waals surface area contributed by atoms with Gasteiger partial charge in [-0.2, -0.15) is 0 Å². The van der Waals surface area contributed by atoms with Gasteiger partial charge in [0, 0.05) is 24.8 Å². The highest BCUT2D eigenvalue weighted by molar-refractivity contribution is 5.90. The van der Waals surface area contributed by atoms with Crippen LogP contribution in [-0.4, -0.2) is 31.8 Å². The van der Waals surface area contributed by atoms with Gasteiger partial charge in [-0.3, -0.25) is 9.59 Å². The third kappa shape index (κ3) is 2.20. The molecule has 0 aliphatic carbocycles. The van der Waals surface area contributed by atoms with E-state index in [0.717, 1.165) is 12.8 Å². The number of nitrogens with zero attached hydrogens (tertiary/aromatic N) is 1. The zero-order valence-corrected chi connectivity index (χ0v) is 10.1. The van der Waals surface area contributed by atoms with Crippen LogP contribution in [0.3, 0.4) is 0 Å². The lowest BCUT2D eigenvalue weighted by Gasteiger charge is -2.26. The van der Waals surface area contributed by atoms with Crippen LogP contribution in [0.5, 0.6) is 0 Å². The number of carbonyl (C=O) groups is 2. The van der Waals surface area contributed by atoms with Crippen molar-refractivity contribution in [2.75, 3.05) is 18.5 Å². The zero-order valence-electron chi connectivity index (χ0n) is 10.1. The standard InChI is InChI=1S/C13H15FN2O2/c1-15-13(18)12-3-2-6-16(12)11-5-4-10(14)7-9(11)8-17/h4-5,7-8,12H,2-3,6H2,1H3,(H,15,18). The molecular weight excluding hydrogens is 235 g/mol. The number of rotatable bonds is 3. The Labute approximate surface area is 105 Å². The predicted molar refractivity (Wildman–Crippen MR) is 66.2 cm³/mol. The number of nitrogens with one attached hydrogen (secondary N) is 1. The Morgan fingerprint density at radius 1 is 1.56 bits per heavy atom. The van der Waals surface area contributed by atoms with Crippen LogP contribution in [0.25, 0.3) is 0 Å². The van der Waals surface area contributed by atoms with E-state index in [0.29, 0.717) is 18.5 Å². The van der Waals surface area contributed by atoms with E-state index >= 15 is 0 Å². The van der Waals surface area contributed by atoms with E-state index in [2.05, 4.69) is 5.32 Å². The van der Waals surface area contributed by atoms with Crippen LogP contribution in [0.2, 0.25) is 0 Å². The summed E-state index contributed by atoms with van der Waals surface area (Å²) in [5, 5.41) is 2.61. The molecule has 1 amide bonds. The number of benzene rings is 1. The number of aldehydes is 1. The average molecular weight is 250 g/mol. The van der Waals surface area contributed by atoms with E-state index in [-0.39, 0.29) is 17.5 Å². The van der Waals surface area contributed by atoms with Crippen LogP contribution in [-0.2, 0) is 4.79 Å². The highest BCUT2D eigenvalue weighted by Gasteiger charge is 2.31. The van der Waals surface area contributed by atoms with Gasteiger partial charge < -0.3 is 10.2 Å². The van der Waals surface area contributed by atoms with Crippen molar-refractivity contribution < 1.29 is 14.0 Å². The molecule has 1 heterocycles. The fraction of sp³-hybridized carbons (Fsp3) is 0.385. The lowest BCUT2D eigenvalue weighted by molar-refractivity contribution is -0.121. The fourth-order valence-electron chi connectivity index (χ4n) is 2.38. The van der Waals surface area contributed by atoms with Crippen molar-refractivity contribution in [3.63, 3.8) is 0 Å². The van der Waals surface area contributed by atoms with Crippen LogP contribution in [0.1, 0.15) is 23.2 Å². The van der Waals surface area contributed by atoms with Crippen LogP contribution in [0, 0.1) is 5.82 Å². The number of hydrogen-bond donors (Lipinski definition) is 1. The number of carbonyl (C=O) groups excluding carboxylic acids is 2. The van der Waals surface area contributed by atoms with Gasteiger partial charge in [-0.25, -0.2) is 4.39 Å². The van der Waals surface area contributed by atoms with Crippen molar-refractivity contribution in [1.29, 1.82) is 0 Å². The highest BCUT2D eigenvalue weighted by atomic mass is 19.1. The Hall–Kier alpha value is -1.91. The monoisotopic (exact) mass is 250 g/mol. The molecule has 1 aromatic carbocycles. The van der Waals surface area contributed by atoms with E-state index in [1.54, 1.807) is 13.1 Å². The first-order valence-corrected chi connectivity index (χ1v) is 5.90. The molecule has 1 aliphatic rings. The van der Waals surface area contributed by atoms with Gasteiger partial charge in [0.05, 0.1) is 0 Å². The van der Waals surface area contributed by atoms with Gasteiger partial charge in [-0.15, -0.1) is 0 Å². The molecule has 0 bridgehead atoms. The van der Waals surface area contributed by atoms with E-state index in [4.69, 9.17) is 0 Å². The molecule has 1 fully saturated rings. The molecule has 4 nitrogen and oxygen atoms in total. The number of amides is 1. The number of anilines is 1. The molecule has 0 aromatic heterocycles. The van der Waals surface area contributed by atoms with Gasteiger partial charge in [-0.05, 0) is 31.0 Å². The van der Waals surface area contributed by atoms with E-state index in [1.165, 1.54) is 12.1 Å². The minimum absolute atomic E-state index is 0.0753. The van der Waals surface area contributed by atoms with Crippen molar-refractivity contribution in [2.45, 2.75) is 18.9 Å². The van der Waals surface area contributed by atoms with Gasteiger partial charge >= 0.3 is 0 Å². The summed E-state index contributed by atoms with van der Waals surface area (Å²) in [6.45, 7) is 0.699. The Morgan fingerprint density at radius 2 is 2.33 bits per heavy atom. The second kappa shape index (κ2) is 5.16. The molecule has 1 unspecified atom stereocenters. The lowest BCUT2D eigenvalue weighted by Crippen LogP contribution is -2.42. The van der Waals surface area contributed by atoms with Gasteiger partial charge in [0.1, 0.15) is 11.9 Å². The zero-order chi connectivity index (χ0) is 13.1. The molecule has 18 heavy (non-hydrogen) atoms. The summed E-state index contributed by atoms with van der Waals surface area (Å²) in [5.74, 6) is -0.523. The second-order valence-electron chi connectivity index (χ2n) is 4.29. The average Bonchev–Trinajstić information content (AvgIpc) is 2.86. The number of halogens is 1. The topological polar surface area (TPSA) is 49.4 Å². The van der Waals surface area contributed by atoms with Crippen molar-refractivity contribution in [1.82, 2.24) is 5.32 Å². The maximum absolute atomic E-state index is 13.1. The molecule has 1 aliphatic heterocycles. The van der Waals surface area contributed by atoms with Crippen LogP contribution < -0.4 is 10.2 Å². The third-order valence-electron chi connectivity index (χ3n) is 3.23. The molecule has 5 heteroatoms. The van der Waals surface area contributed by atoms with E-state index in [1.807, 2.05) is 4.90 Å². The Kier molecular flexibility index (Phi) is 3.60. The normalized spacial score (nSPS) is 18.8. The Balaban J connectivity index is 2.35. The minimum Gasteiger partial charge on any atom is -0.359 e. The SMILES string of the molecule is CNC(=O)C1CCCN1c1ccc(F)cc1C=O. The van der Waals surface area contributed by atoms with E-state index in [9.17, 15) is 14.0 Å². The van der Waals surface area contributed by atoms with Gasteiger partial charge in [0.25, 0.3) is 0 Å². The largest absolute Gasteiger partial charge is 0.359 e. The molecular formula is C13H15FN2O2. The minimum atomic E-state index is -0.448. The van der Waals surface area contributed by atoms with Crippen molar-refractivity contribution >= 4 is 17.9 Å². The number of hydrogen-bond acceptors (Lipinski definition) is 3. The van der Waals surface area contributed by atoms with Crippen LogP contribution in [0.4, 0.5) is 10.1 Å². The molecule has 1 atom stereocenters. The summed E-state index contributed by atoms with van der Waals surface area (Å²) >= 11 is 0. The maximum atomic E-state index is 13.1. The molecule has 2 rings (SSSR count). The number of likely N-dealkylation sites (N-methyl/N-ethyl adjacent to an activating group) is 1. The van der Waals surface area contributed by atoms with Crippen molar-refractivity contribution in [3.8, 4) is 0 Å². The smallest absolute Gasteiger partial charge is 0.242 e. The lowest BCUT2D eigenvalue weighted by atomic mass is 10.1. The molecule has 96 valence electrons. The Morgan fingerprint density at radius 3 is 3.00 bits per heavy atom. The second-order valence-corrected chi connectivity index (χ2v) is 4.29. The molecule has 0 spiro atoms. The fourth-order valence-corrected chi connectivity index (χ4v) is 2.38. The Bertz CT molecular complexity index is 476. The van der Waals surface area contributed by atoms with Gasteiger partial charge in [0.15, 0.2) is 6.29 Å². The highest BCUT2D eigenvalue weighted by Crippen LogP contribution is 2.28. The molecule has 1 aromatic rings. The summed E-state index contributed by atoms with van der Waals surface area (Å²) in [4.78, 5) is 24.6. The first kappa shape index (κ1) is 12.5. The van der Waals surface area contributed by atoms with Crippen LogP contribution in [0.15, 0.2) is 18.2 Å². The van der Waals surface area contributed by atoms with Gasteiger partial charge in [0.2, 0.25) is 5.91 Å². The molecule has 1 saturated heterocycles. The summed E-state index contributed by atoms with van der Waals surface area (Å²) in [6.07, 6.45) is 2.25. The van der Waals surface area contributed by atoms with E-state index < -0.39 is 5.82 Å². The van der Waals surface area contributed by atoms with Crippen molar-refractivity contribution in [2.24, 2.45) is 0 Å². The molecule has 1 N–H and O–H groups in total.